The van der Waals surface area contributed by atoms with Gasteiger partial charge in [-0.05, 0) is 47.9 Å². The maximum atomic E-state index is 12.9. The molecule has 0 aliphatic heterocycles. The average Bonchev–Trinajstić information content (AvgIpc) is 2.73. The molecule has 0 atom stereocenters. The largest absolute Gasteiger partial charge is 0.347 e. The second kappa shape index (κ2) is 8.90. The minimum atomic E-state index is -0.409. The number of para-hydroxylation sites is 1. The molecule has 0 fully saturated rings. The summed E-state index contributed by atoms with van der Waals surface area (Å²) in [5.41, 5.74) is 3.02. The van der Waals surface area contributed by atoms with Crippen LogP contribution in [-0.4, -0.2) is 16.8 Å². The van der Waals surface area contributed by atoms with Crippen LogP contribution < -0.4 is 10.6 Å². The Balaban J connectivity index is 1.68. The fourth-order valence-electron chi connectivity index (χ4n) is 2.72. The first-order valence-electron chi connectivity index (χ1n) is 8.94. The minimum Gasteiger partial charge on any atom is -0.347 e. The third kappa shape index (κ3) is 4.79. The van der Waals surface area contributed by atoms with E-state index in [2.05, 4.69) is 15.6 Å². The normalized spacial score (nSPS) is 10.4. The van der Waals surface area contributed by atoms with Gasteiger partial charge in [-0.2, -0.15) is 0 Å². The number of hydrogen-bond acceptors (Lipinski definition) is 3. The minimum absolute atomic E-state index is 0.138. The fourth-order valence-corrected chi connectivity index (χ4v) is 2.72. The molecule has 0 radical (unpaired) electrons. The van der Waals surface area contributed by atoms with Crippen molar-refractivity contribution in [2.75, 3.05) is 5.32 Å². The lowest BCUT2D eigenvalue weighted by molar-refractivity contribution is 0.0946. The lowest BCUT2D eigenvalue weighted by atomic mass is 10.1. The number of benzene rings is 2. The van der Waals surface area contributed by atoms with Crippen LogP contribution in [0.3, 0.4) is 0 Å². The van der Waals surface area contributed by atoms with Crippen molar-refractivity contribution in [1.82, 2.24) is 10.3 Å². The molecule has 1 aromatic heterocycles. The quantitative estimate of drug-likeness (QED) is 0.683. The predicted molar refractivity (Wildman–Crippen MR) is 106 cm³/mol. The van der Waals surface area contributed by atoms with Crippen molar-refractivity contribution in [2.45, 2.75) is 19.9 Å². The highest BCUT2D eigenvalue weighted by molar-refractivity contribution is 6.06. The summed E-state index contributed by atoms with van der Waals surface area (Å²) in [4.78, 5) is 28.9. The van der Waals surface area contributed by atoms with Crippen LogP contribution in [0.4, 0.5) is 10.1 Å². The summed E-state index contributed by atoms with van der Waals surface area (Å²) >= 11 is 0. The highest BCUT2D eigenvalue weighted by atomic mass is 19.1. The van der Waals surface area contributed by atoms with Crippen molar-refractivity contribution in [3.63, 3.8) is 0 Å². The van der Waals surface area contributed by atoms with Crippen molar-refractivity contribution in [1.29, 1.82) is 0 Å². The molecule has 0 spiro atoms. The smallest absolute Gasteiger partial charge is 0.270 e. The molecule has 0 bridgehead atoms. The molecule has 2 aromatic carbocycles. The lowest BCUT2D eigenvalue weighted by Crippen LogP contribution is -2.24. The molecule has 0 unspecified atom stereocenters. The van der Waals surface area contributed by atoms with E-state index < -0.39 is 5.91 Å². The van der Waals surface area contributed by atoms with Gasteiger partial charge < -0.3 is 10.6 Å². The van der Waals surface area contributed by atoms with Crippen molar-refractivity contribution in [3.05, 3.63) is 95.1 Å². The summed E-state index contributed by atoms with van der Waals surface area (Å²) in [7, 11) is 0. The number of aryl methyl sites for hydroxylation is 1. The van der Waals surface area contributed by atoms with Crippen molar-refractivity contribution in [3.8, 4) is 0 Å². The molecular formula is C22H20FN3O2. The molecule has 6 heteroatoms. The number of nitrogens with zero attached hydrogens (tertiary/aromatic N) is 1. The van der Waals surface area contributed by atoms with E-state index in [4.69, 9.17) is 0 Å². The van der Waals surface area contributed by atoms with Gasteiger partial charge in [0.05, 0.1) is 0 Å². The van der Waals surface area contributed by atoms with Crippen LogP contribution in [0, 0.1) is 5.82 Å². The Morgan fingerprint density at radius 2 is 1.75 bits per heavy atom. The number of aromatic nitrogens is 1. The second-order valence-electron chi connectivity index (χ2n) is 6.20. The third-order valence-corrected chi connectivity index (χ3v) is 4.27. The molecule has 0 saturated heterocycles. The first-order chi connectivity index (χ1) is 13.6. The van der Waals surface area contributed by atoms with Gasteiger partial charge in [-0.25, -0.2) is 4.39 Å². The molecule has 142 valence electrons. The van der Waals surface area contributed by atoms with Crippen molar-refractivity contribution >= 4 is 17.5 Å². The standard InChI is InChI=1S/C22H20FN3O2/c1-2-16-5-3-4-6-19(16)26-21(27)17-11-12-24-20(13-17)22(28)25-14-15-7-9-18(23)10-8-15/h3-13H,2,14H2,1H3,(H,25,28)(H,26,27). The summed E-state index contributed by atoms with van der Waals surface area (Å²) in [5.74, 6) is -1.05. The highest BCUT2D eigenvalue weighted by Gasteiger charge is 2.13. The van der Waals surface area contributed by atoms with E-state index in [1.165, 1.54) is 24.4 Å². The van der Waals surface area contributed by atoms with Crippen molar-refractivity contribution < 1.29 is 14.0 Å². The van der Waals surface area contributed by atoms with Gasteiger partial charge in [0.1, 0.15) is 11.5 Å². The lowest BCUT2D eigenvalue weighted by Gasteiger charge is -2.10. The molecule has 2 N–H and O–H groups in total. The van der Waals surface area contributed by atoms with Crippen LogP contribution in [0.2, 0.25) is 0 Å². The van der Waals surface area contributed by atoms with E-state index >= 15 is 0 Å². The van der Waals surface area contributed by atoms with Gasteiger partial charge in [-0.1, -0.05) is 37.3 Å². The SMILES string of the molecule is CCc1ccccc1NC(=O)c1ccnc(C(=O)NCc2ccc(F)cc2)c1. The molecule has 1 heterocycles. The van der Waals surface area contributed by atoms with Crippen LogP contribution >= 0.6 is 0 Å². The molecular weight excluding hydrogens is 357 g/mol. The van der Waals surface area contributed by atoms with Gasteiger partial charge in [-0.15, -0.1) is 0 Å². The molecule has 2 amide bonds. The molecule has 0 aliphatic carbocycles. The van der Waals surface area contributed by atoms with Gasteiger partial charge in [0, 0.05) is 24.0 Å². The van der Waals surface area contributed by atoms with E-state index in [0.717, 1.165) is 23.2 Å². The number of halogens is 1. The van der Waals surface area contributed by atoms with Crippen LogP contribution in [0.5, 0.6) is 0 Å². The second-order valence-corrected chi connectivity index (χ2v) is 6.20. The van der Waals surface area contributed by atoms with Crippen molar-refractivity contribution in [2.24, 2.45) is 0 Å². The van der Waals surface area contributed by atoms with E-state index in [-0.39, 0.29) is 24.0 Å². The zero-order chi connectivity index (χ0) is 19.9. The van der Waals surface area contributed by atoms with E-state index in [1.807, 2.05) is 31.2 Å². The van der Waals surface area contributed by atoms with Gasteiger partial charge >= 0.3 is 0 Å². The Morgan fingerprint density at radius 1 is 1.00 bits per heavy atom. The number of hydrogen-bond donors (Lipinski definition) is 2. The van der Waals surface area contributed by atoms with Gasteiger partial charge in [-0.3, -0.25) is 14.6 Å². The summed E-state index contributed by atoms with van der Waals surface area (Å²) in [6, 6.07) is 16.4. The van der Waals surface area contributed by atoms with Crippen LogP contribution in [0.1, 0.15) is 38.9 Å². The number of pyridine rings is 1. The van der Waals surface area contributed by atoms with Crippen LogP contribution in [-0.2, 0) is 13.0 Å². The first-order valence-corrected chi connectivity index (χ1v) is 8.94. The van der Waals surface area contributed by atoms with E-state index in [0.29, 0.717) is 5.56 Å². The Hall–Kier alpha value is -3.54. The zero-order valence-electron chi connectivity index (χ0n) is 15.4. The summed E-state index contributed by atoms with van der Waals surface area (Å²) in [6.45, 7) is 2.25. The summed E-state index contributed by atoms with van der Waals surface area (Å²) in [6.07, 6.45) is 2.22. The number of anilines is 1. The fraction of sp³-hybridized carbons (Fsp3) is 0.136. The Morgan fingerprint density at radius 3 is 2.50 bits per heavy atom. The number of carbonyl (C=O) groups excluding carboxylic acids is 2. The monoisotopic (exact) mass is 377 g/mol. The van der Waals surface area contributed by atoms with Gasteiger partial charge in [0.15, 0.2) is 0 Å². The Labute approximate surface area is 162 Å². The molecule has 5 nitrogen and oxygen atoms in total. The predicted octanol–water partition coefficient (Wildman–Crippen LogP) is 3.97. The highest BCUT2D eigenvalue weighted by Crippen LogP contribution is 2.17. The number of amides is 2. The average molecular weight is 377 g/mol. The third-order valence-electron chi connectivity index (χ3n) is 4.27. The van der Waals surface area contributed by atoms with Crippen LogP contribution in [0.15, 0.2) is 66.9 Å². The maximum Gasteiger partial charge on any atom is 0.270 e. The Bertz CT molecular complexity index is 987. The Kier molecular flexibility index (Phi) is 6.11. The van der Waals surface area contributed by atoms with Crippen LogP contribution in [0.25, 0.3) is 0 Å². The molecule has 0 aliphatic rings. The molecule has 0 saturated carbocycles. The first kappa shape index (κ1) is 19.2. The van der Waals surface area contributed by atoms with E-state index in [1.54, 1.807) is 18.2 Å². The molecule has 28 heavy (non-hydrogen) atoms. The van der Waals surface area contributed by atoms with Gasteiger partial charge in [0.25, 0.3) is 11.8 Å². The number of carbonyl (C=O) groups is 2. The molecule has 3 aromatic rings. The topological polar surface area (TPSA) is 71.1 Å². The number of nitrogens with one attached hydrogen (secondary N) is 2. The summed E-state index contributed by atoms with van der Waals surface area (Å²) < 4.78 is 12.9. The summed E-state index contributed by atoms with van der Waals surface area (Å²) in [5, 5.41) is 5.59. The molecule has 3 rings (SSSR count). The zero-order valence-corrected chi connectivity index (χ0v) is 15.4. The van der Waals surface area contributed by atoms with E-state index in [9.17, 15) is 14.0 Å². The van der Waals surface area contributed by atoms with Gasteiger partial charge in [0.2, 0.25) is 0 Å². The maximum absolute atomic E-state index is 12.9. The number of rotatable bonds is 6.